The van der Waals surface area contributed by atoms with Crippen molar-refractivity contribution in [3.8, 4) is 11.4 Å². The molecule has 0 radical (unpaired) electrons. The van der Waals surface area contributed by atoms with Crippen LogP contribution in [0.1, 0.15) is 49.9 Å². The van der Waals surface area contributed by atoms with Gasteiger partial charge in [-0.05, 0) is 55.5 Å². The zero-order valence-corrected chi connectivity index (χ0v) is 19.6. The Labute approximate surface area is 195 Å². The standard InChI is InChI=1S/C22H24ClN5OS2/c1-15(19-8-5-13-30-19)24-25-20(29)14-31-22-27-26-21(16-9-11-17(23)12-10-16)28(22)18-6-3-2-4-7-18/h5,8-13,18H,2-4,6-7,14H2,1H3,(H,25,29)/b24-15-. The number of hydrazone groups is 1. The average molecular weight is 474 g/mol. The van der Waals surface area contributed by atoms with Crippen molar-refractivity contribution in [3.63, 3.8) is 0 Å². The molecular formula is C22H24ClN5OS2. The van der Waals surface area contributed by atoms with Crippen LogP contribution in [-0.4, -0.2) is 32.1 Å². The Balaban J connectivity index is 1.49. The van der Waals surface area contributed by atoms with Gasteiger partial charge in [0.15, 0.2) is 11.0 Å². The Morgan fingerprint density at radius 2 is 2.00 bits per heavy atom. The van der Waals surface area contributed by atoms with Crippen LogP contribution >= 0.6 is 34.7 Å². The van der Waals surface area contributed by atoms with Gasteiger partial charge in [-0.15, -0.1) is 21.5 Å². The molecule has 2 heterocycles. The molecule has 1 aliphatic carbocycles. The molecule has 9 heteroatoms. The Bertz CT molecular complexity index is 1040. The number of thiophene rings is 1. The number of rotatable bonds is 7. The fourth-order valence-corrected chi connectivity index (χ4v) is 5.29. The maximum Gasteiger partial charge on any atom is 0.250 e. The number of carbonyl (C=O) groups excluding carboxylic acids is 1. The SMILES string of the molecule is C/C(=N/NC(=O)CSc1nnc(-c2ccc(Cl)cc2)n1C1CCCCC1)c1cccs1. The first-order valence-corrected chi connectivity index (χ1v) is 12.6. The van der Waals surface area contributed by atoms with Crippen LogP contribution in [0.5, 0.6) is 0 Å². The fraction of sp³-hybridized carbons (Fsp3) is 0.364. The molecule has 0 bridgehead atoms. The van der Waals surface area contributed by atoms with Crippen molar-refractivity contribution in [1.29, 1.82) is 0 Å². The molecule has 4 rings (SSSR count). The first-order valence-electron chi connectivity index (χ1n) is 10.3. The molecule has 6 nitrogen and oxygen atoms in total. The van der Waals surface area contributed by atoms with E-state index in [4.69, 9.17) is 11.6 Å². The topological polar surface area (TPSA) is 72.2 Å². The van der Waals surface area contributed by atoms with Crippen LogP contribution in [0.3, 0.4) is 0 Å². The van der Waals surface area contributed by atoms with Crippen LogP contribution in [0.4, 0.5) is 0 Å². The van der Waals surface area contributed by atoms with Gasteiger partial charge in [0, 0.05) is 21.5 Å². The molecule has 1 saturated carbocycles. The summed E-state index contributed by atoms with van der Waals surface area (Å²) in [4.78, 5) is 13.4. The van der Waals surface area contributed by atoms with Gasteiger partial charge in [-0.3, -0.25) is 9.36 Å². The molecule has 1 aliphatic rings. The van der Waals surface area contributed by atoms with Crippen LogP contribution in [0.25, 0.3) is 11.4 Å². The lowest BCUT2D eigenvalue weighted by Gasteiger charge is -2.25. The van der Waals surface area contributed by atoms with Gasteiger partial charge in [0.25, 0.3) is 5.91 Å². The van der Waals surface area contributed by atoms with Crippen LogP contribution < -0.4 is 5.43 Å². The van der Waals surface area contributed by atoms with Gasteiger partial charge in [0.2, 0.25) is 0 Å². The fourth-order valence-electron chi connectivity index (χ4n) is 3.69. The van der Waals surface area contributed by atoms with E-state index < -0.39 is 0 Å². The predicted octanol–water partition coefficient (Wildman–Crippen LogP) is 5.80. The zero-order valence-electron chi connectivity index (χ0n) is 17.3. The van der Waals surface area contributed by atoms with Crippen LogP contribution in [0.2, 0.25) is 5.02 Å². The minimum absolute atomic E-state index is 0.160. The smallest absolute Gasteiger partial charge is 0.250 e. The number of nitrogens with one attached hydrogen (secondary N) is 1. The van der Waals surface area contributed by atoms with Gasteiger partial charge >= 0.3 is 0 Å². The highest BCUT2D eigenvalue weighted by atomic mass is 35.5. The van der Waals surface area contributed by atoms with E-state index in [0.717, 1.165) is 40.0 Å². The van der Waals surface area contributed by atoms with Crippen molar-refractivity contribution < 1.29 is 4.79 Å². The Hall–Kier alpha value is -2.16. The van der Waals surface area contributed by atoms with E-state index in [1.807, 2.05) is 48.7 Å². The number of benzene rings is 1. The van der Waals surface area contributed by atoms with Crippen LogP contribution in [0, 0.1) is 0 Å². The number of thioether (sulfide) groups is 1. The van der Waals surface area contributed by atoms with Gasteiger partial charge in [0.1, 0.15) is 0 Å². The van der Waals surface area contributed by atoms with Crippen molar-refractivity contribution >= 4 is 46.3 Å². The minimum Gasteiger partial charge on any atom is -0.299 e. The summed E-state index contributed by atoms with van der Waals surface area (Å²) in [6.07, 6.45) is 5.86. The van der Waals surface area contributed by atoms with Crippen molar-refractivity contribution in [1.82, 2.24) is 20.2 Å². The second-order valence-corrected chi connectivity index (χ2v) is 9.80. The highest BCUT2D eigenvalue weighted by molar-refractivity contribution is 7.99. The van der Waals surface area contributed by atoms with Crippen molar-refractivity contribution in [2.24, 2.45) is 5.10 Å². The van der Waals surface area contributed by atoms with E-state index in [1.165, 1.54) is 31.0 Å². The molecule has 1 fully saturated rings. The lowest BCUT2D eigenvalue weighted by atomic mass is 9.95. The molecule has 2 aromatic heterocycles. The van der Waals surface area contributed by atoms with Crippen molar-refractivity contribution in [2.45, 2.75) is 50.2 Å². The zero-order chi connectivity index (χ0) is 21.6. The summed E-state index contributed by atoms with van der Waals surface area (Å²) in [5.74, 6) is 0.900. The van der Waals surface area contributed by atoms with Gasteiger partial charge in [0.05, 0.1) is 11.5 Å². The Morgan fingerprint density at radius 1 is 1.23 bits per heavy atom. The third-order valence-corrected chi connectivity index (χ3v) is 7.44. The predicted molar refractivity (Wildman–Crippen MR) is 128 cm³/mol. The molecule has 0 spiro atoms. The number of hydrogen-bond acceptors (Lipinski definition) is 6. The van der Waals surface area contributed by atoms with E-state index in [0.29, 0.717) is 11.1 Å². The van der Waals surface area contributed by atoms with Crippen LogP contribution in [-0.2, 0) is 4.79 Å². The number of halogens is 1. The van der Waals surface area contributed by atoms with Crippen molar-refractivity contribution in [3.05, 3.63) is 51.7 Å². The van der Waals surface area contributed by atoms with Gasteiger partial charge in [-0.25, -0.2) is 5.43 Å². The molecule has 31 heavy (non-hydrogen) atoms. The van der Waals surface area contributed by atoms with E-state index in [1.54, 1.807) is 11.3 Å². The monoisotopic (exact) mass is 473 g/mol. The quantitative estimate of drug-likeness (QED) is 0.267. The minimum atomic E-state index is -0.160. The van der Waals surface area contributed by atoms with Crippen molar-refractivity contribution in [2.75, 3.05) is 5.75 Å². The molecule has 0 saturated heterocycles. The number of carbonyl (C=O) groups is 1. The summed E-state index contributed by atoms with van der Waals surface area (Å²) < 4.78 is 2.21. The van der Waals surface area contributed by atoms with Crippen LogP contribution in [0.15, 0.2) is 52.0 Å². The third-order valence-electron chi connectivity index (χ3n) is 5.27. The van der Waals surface area contributed by atoms with Gasteiger partial charge in [-0.1, -0.05) is 48.7 Å². The molecule has 0 unspecified atom stereocenters. The Kier molecular flexibility index (Phi) is 7.42. The lowest BCUT2D eigenvalue weighted by molar-refractivity contribution is -0.118. The largest absolute Gasteiger partial charge is 0.299 e. The van der Waals surface area contributed by atoms with Gasteiger partial charge in [-0.2, -0.15) is 5.10 Å². The number of amides is 1. The molecule has 3 aromatic rings. The van der Waals surface area contributed by atoms with E-state index in [-0.39, 0.29) is 11.7 Å². The summed E-state index contributed by atoms with van der Waals surface area (Å²) >= 11 is 9.06. The molecule has 1 amide bonds. The lowest BCUT2D eigenvalue weighted by Crippen LogP contribution is -2.22. The number of aromatic nitrogens is 3. The first-order chi connectivity index (χ1) is 15.1. The number of nitrogens with zero attached hydrogens (tertiary/aromatic N) is 4. The average Bonchev–Trinajstić information content (AvgIpc) is 3.47. The highest BCUT2D eigenvalue weighted by Gasteiger charge is 2.24. The molecule has 1 N–H and O–H groups in total. The highest BCUT2D eigenvalue weighted by Crippen LogP contribution is 2.35. The number of hydrogen-bond donors (Lipinski definition) is 1. The first kappa shape index (κ1) is 22.0. The van der Waals surface area contributed by atoms with E-state index in [2.05, 4.69) is 25.3 Å². The van der Waals surface area contributed by atoms with Gasteiger partial charge < -0.3 is 0 Å². The molecular weight excluding hydrogens is 450 g/mol. The summed E-state index contributed by atoms with van der Waals surface area (Å²) in [6, 6.07) is 12.0. The second kappa shape index (κ2) is 10.4. The summed E-state index contributed by atoms with van der Waals surface area (Å²) in [6.45, 7) is 1.89. The third kappa shape index (κ3) is 5.56. The maximum absolute atomic E-state index is 12.4. The van der Waals surface area contributed by atoms with E-state index in [9.17, 15) is 4.79 Å². The summed E-state index contributed by atoms with van der Waals surface area (Å²) in [7, 11) is 0. The van der Waals surface area contributed by atoms with E-state index >= 15 is 0 Å². The maximum atomic E-state index is 12.4. The normalized spacial score (nSPS) is 15.2. The molecule has 1 aromatic carbocycles. The molecule has 0 aliphatic heterocycles. The Morgan fingerprint density at radius 3 is 2.71 bits per heavy atom. The molecule has 0 atom stereocenters. The summed E-state index contributed by atoms with van der Waals surface area (Å²) in [5, 5.41) is 16.6. The second-order valence-electron chi connectivity index (χ2n) is 7.47. The summed E-state index contributed by atoms with van der Waals surface area (Å²) in [5.41, 5.74) is 4.42. The molecule has 162 valence electrons.